The Labute approximate surface area is 171 Å². The van der Waals surface area contributed by atoms with E-state index in [1.807, 2.05) is 48.7 Å². The quantitative estimate of drug-likeness (QED) is 0.665. The first-order chi connectivity index (χ1) is 13.5. The Morgan fingerprint density at radius 3 is 2.71 bits per heavy atom. The summed E-state index contributed by atoms with van der Waals surface area (Å²) in [5, 5.41) is 4.31. The van der Waals surface area contributed by atoms with E-state index in [1.54, 1.807) is 6.08 Å². The molecule has 1 aliphatic rings. The van der Waals surface area contributed by atoms with Crippen LogP contribution in [0.25, 0.3) is 6.08 Å². The van der Waals surface area contributed by atoms with Gasteiger partial charge in [-0.3, -0.25) is 19.3 Å². The van der Waals surface area contributed by atoms with Gasteiger partial charge in [0.05, 0.1) is 17.9 Å². The van der Waals surface area contributed by atoms with Gasteiger partial charge in [-0.15, -0.1) is 11.3 Å². The molecule has 0 bridgehead atoms. The summed E-state index contributed by atoms with van der Waals surface area (Å²) < 4.78 is 5.52. The van der Waals surface area contributed by atoms with Gasteiger partial charge in [-0.25, -0.2) is 0 Å². The average Bonchev–Trinajstić information content (AvgIpc) is 3.27. The van der Waals surface area contributed by atoms with Crippen molar-refractivity contribution >= 4 is 46.2 Å². The zero-order valence-corrected chi connectivity index (χ0v) is 17.0. The van der Waals surface area contributed by atoms with Crippen LogP contribution in [0.15, 0.2) is 46.7 Å². The number of thioether (sulfide) groups is 1. The number of aryl methyl sites for hydroxylation is 1. The lowest BCUT2D eigenvalue weighted by Gasteiger charge is -2.13. The molecule has 1 aromatic heterocycles. The molecule has 1 saturated heterocycles. The highest BCUT2D eigenvalue weighted by molar-refractivity contribution is 8.18. The molecule has 1 aliphatic heterocycles. The molecule has 0 saturated carbocycles. The first-order valence-corrected chi connectivity index (χ1v) is 10.5. The Balaban J connectivity index is 1.39. The van der Waals surface area contributed by atoms with E-state index >= 15 is 0 Å². The smallest absolute Gasteiger partial charge is 0.293 e. The van der Waals surface area contributed by atoms with Gasteiger partial charge in [0.15, 0.2) is 0 Å². The minimum absolute atomic E-state index is 0.150. The fourth-order valence-electron chi connectivity index (χ4n) is 2.49. The zero-order valence-electron chi connectivity index (χ0n) is 15.3. The van der Waals surface area contributed by atoms with E-state index in [-0.39, 0.29) is 43.2 Å². The molecular weight excluding hydrogens is 396 g/mol. The van der Waals surface area contributed by atoms with E-state index < -0.39 is 0 Å². The molecule has 8 heteroatoms. The monoisotopic (exact) mass is 416 g/mol. The molecule has 2 aromatic rings. The van der Waals surface area contributed by atoms with Gasteiger partial charge in [-0.1, -0.05) is 23.8 Å². The Morgan fingerprint density at radius 2 is 2.00 bits per heavy atom. The van der Waals surface area contributed by atoms with Crippen molar-refractivity contribution in [3.63, 3.8) is 0 Å². The fraction of sp³-hybridized carbons (Fsp3) is 0.250. The number of benzene rings is 1. The van der Waals surface area contributed by atoms with Crippen LogP contribution in [0, 0.1) is 6.92 Å². The first-order valence-electron chi connectivity index (χ1n) is 8.78. The second-order valence-corrected chi connectivity index (χ2v) is 8.08. The van der Waals surface area contributed by atoms with E-state index in [4.69, 9.17) is 4.74 Å². The van der Waals surface area contributed by atoms with Crippen molar-refractivity contribution in [1.82, 2.24) is 10.2 Å². The summed E-state index contributed by atoms with van der Waals surface area (Å²) in [6, 6.07) is 11.4. The minimum Gasteiger partial charge on any atom is -0.493 e. The largest absolute Gasteiger partial charge is 0.493 e. The predicted molar refractivity (Wildman–Crippen MR) is 111 cm³/mol. The molecule has 0 aliphatic carbocycles. The van der Waals surface area contributed by atoms with Crippen molar-refractivity contribution < 1.29 is 19.1 Å². The summed E-state index contributed by atoms with van der Waals surface area (Å²) in [5.74, 6) is 0.210. The van der Waals surface area contributed by atoms with E-state index in [0.29, 0.717) is 10.7 Å². The number of carbonyl (C=O) groups excluding carboxylic acids is 3. The predicted octanol–water partition coefficient (Wildman–Crippen LogP) is 3.68. The molecule has 1 N–H and O–H groups in total. The van der Waals surface area contributed by atoms with Crippen LogP contribution in [0.4, 0.5) is 4.79 Å². The van der Waals surface area contributed by atoms with Gasteiger partial charge in [-0.05, 0) is 48.3 Å². The summed E-state index contributed by atoms with van der Waals surface area (Å²) in [7, 11) is 0. The first kappa shape index (κ1) is 20.2. The number of hydrogen-bond acceptors (Lipinski definition) is 6. The molecule has 0 spiro atoms. The number of nitrogens with zero attached hydrogens (tertiary/aromatic N) is 1. The summed E-state index contributed by atoms with van der Waals surface area (Å²) in [6.07, 6.45) is 1.92. The third-order valence-corrected chi connectivity index (χ3v) is 5.69. The summed E-state index contributed by atoms with van der Waals surface area (Å²) in [5.41, 5.74) is 1.14. The van der Waals surface area contributed by atoms with Crippen molar-refractivity contribution in [1.29, 1.82) is 0 Å². The maximum atomic E-state index is 12.4. The lowest BCUT2D eigenvalue weighted by Crippen LogP contribution is -2.37. The number of nitrogens with one attached hydrogen (secondary N) is 1. The Hall–Kier alpha value is -2.58. The van der Waals surface area contributed by atoms with E-state index in [9.17, 15) is 14.4 Å². The maximum Gasteiger partial charge on any atom is 0.293 e. The highest BCUT2D eigenvalue weighted by Gasteiger charge is 2.34. The van der Waals surface area contributed by atoms with Crippen LogP contribution in [-0.4, -0.2) is 41.6 Å². The SMILES string of the molecule is Cc1ccc(OCCC(=O)NCCN2C(=O)S/C(=C\c3cccs3)C2=O)cc1. The highest BCUT2D eigenvalue weighted by Crippen LogP contribution is 2.32. The standard InChI is InChI=1S/C20H20N2O4S2/c1-14-4-6-15(7-5-14)26-11-8-18(23)21-9-10-22-19(24)17(28-20(22)25)13-16-3-2-12-27-16/h2-7,12-13H,8-11H2,1H3,(H,21,23)/b17-13-. The molecule has 146 valence electrons. The molecule has 3 rings (SSSR count). The molecule has 28 heavy (non-hydrogen) atoms. The molecule has 1 fully saturated rings. The number of hydrogen-bond donors (Lipinski definition) is 1. The van der Waals surface area contributed by atoms with E-state index in [0.717, 1.165) is 27.1 Å². The van der Waals surface area contributed by atoms with E-state index in [1.165, 1.54) is 11.3 Å². The van der Waals surface area contributed by atoms with Gasteiger partial charge in [0.25, 0.3) is 11.1 Å². The lowest BCUT2D eigenvalue weighted by atomic mass is 10.2. The van der Waals surface area contributed by atoms with Crippen molar-refractivity contribution in [3.8, 4) is 5.75 Å². The molecule has 0 atom stereocenters. The number of imide groups is 1. The van der Waals surface area contributed by atoms with E-state index in [2.05, 4.69) is 5.32 Å². The number of ether oxygens (including phenoxy) is 1. The molecule has 1 aromatic carbocycles. The fourth-order valence-corrected chi connectivity index (χ4v) is 4.07. The Kier molecular flexibility index (Phi) is 6.89. The Morgan fingerprint density at radius 1 is 1.21 bits per heavy atom. The van der Waals surface area contributed by atoms with Crippen LogP contribution in [0.5, 0.6) is 5.75 Å². The van der Waals surface area contributed by atoms with Crippen molar-refractivity contribution in [2.75, 3.05) is 19.7 Å². The molecule has 2 heterocycles. The third kappa shape index (κ3) is 5.46. The third-order valence-electron chi connectivity index (χ3n) is 3.97. The average molecular weight is 417 g/mol. The van der Waals surface area contributed by atoms with Crippen LogP contribution in [0.1, 0.15) is 16.9 Å². The zero-order chi connectivity index (χ0) is 19.9. The van der Waals surface area contributed by atoms with Gasteiger partial charge in [-0.2, -0.15) is 0 Å². The van der Waals surface area contributed by atoms with Crippen LogP contribution in [0.2, 0.25) is 0 Å². The summed E-state index contributed by atoms with van der Waals surface area (Å²) >= 11 is 2.43. The number of carbonyl (C=O) groups is 3. The van der Waals surface area contributed by atoms with Crippen LogP contribution in [-0.2, 0) is 9.59 Å². The van der Waals surface area contributed by atoms with Crippen LogP contribution >= 0.6 is 23.1 Å². The number of rotatable bonds is 8. The molecule has 0 unspecified atom stereocenters. The molecule has 0 radical (unpaired) electrons. The van der Waals surface area contributed by atoms with Gasteiger partial charge in [0, 0.05) is 18.0 Å². The molecule has 3 amide bonds. The van der Waals surface area contributed by atoms with Crippen LogP contribution < -0.4 is 10.1 Å². The Bertz CT molecular complexity index is 876. The maximum absolute atomic E-state index is 12.4. The number of amides is 3. The topological polar surface area (TPSA) is 75.7 Å². The van der Waals surface area contributed by atoms with Crippen molar-refractivity contribution in [2.45, 2.75) is 13.3 Å². The van der Waals surface area contributed by atoms with Crippen LogP contribution in [0.3, 0.4) is 0 Å². The molecular formula is C20H20N2O4S2. The number of thiophene rings is 1. The van der Waals surface area contributed by atoms with Gasteiger partial charge in [0.1, 0.15) is 5.75 Å². The van der Waals surface area contributed by atoms with Gasteiger partial charge >= 0.3 is 0 Å². The lowest BCUT2D eigenvalue weighted by molar-refractivity contribution is -0.124. The normalized spacial score (nSPS) is 15.3. The molecule has 6 nitrogen and oxygen atoms in total. The second kappa shape index (κ2) is 9.57. The van der Waals surface area contributed by atoms with Crippen molar-refractivity contribution in [2.24, 2.45) is 0 Å². The van der Waals surface area contributed by atoms with Gasteiger partial charge < -0.3 is 10.1 Å². The minimum atomic E-state index is -0.319. The summed E-state index contributed by atoms with van der Waals surface area (Å²) in [4.78, 5) is 38.8. The summed E-state index contributed by atoms with van der Waals surface area (Å²) in [6.45, 7) is 2.62. The van der Waals surface area contributed by atoms with Crippen molar-refractivity contribution in [3.05, 3.63) is 57.1 Å². The van der Waals surface area contributed by atoms with Gasteiger partial charge in [0.2, 0.25) is 5.91 Å². The second-order valence-electron chi connectivity index (χ2n) is 6.11. The highest BCUT2D eigenvalue weighted by atomic mass is 32.2.